The smallest absolute Gasteiger partial charge is 0.253 e. The molecule has 0 saturated carbocycles. The number of nitrogens with zero attached hydrogens (tertiary/aromatic N) is 5. The number of carbonyl (C=O) groups excluding carboxylic acids is 1. The van der Waals surface area contributed by atoms with E-state index >= 15 is 0 Å². The van der Waals surface area contributed by atoms with Gasteiger partial charge < -0.3 is 24.2 Å². The molecule has 2 aliphatic heterocycles. The molecule has 0 N–H and O–H groups in total. The van der Waals surface area contributed by atoms with Gasteiger partial charge in [-0.3, -0.25) is 4.79 Å². The molecule has 0 atom stereocenters. The Kier molecular flexibility index (Phi) is 6.34. The summed E-state index contributed by atoms with van der Waals surface area (Å²) >= 11 is 0. The lowest BCUT2D eigenvalue weighted by molar-refractivity contribution is 0.0746. The minimum atomic E-state index is 0.0442. The van der Waals surface area contributed by atoms with Crippen LogP contribution in [-0.2, 0) is 4.74 Å². The van der Waals surface area contributed by atoms with E-state index in [2.05, 4.69) is 26.1 Å². The number of morpholine rings is 1. The van der Waals surface area contributed by atoms with E-state index in [1.165, 1.54) is 0 Å². The Morgan fingerprint density at radius 2 is 1.52 bits per heavy atom. The number of ether oxygens (including phenoxy) is 2. The van der Waals surface area contributed by atoms with Crippen LogP contribution < -0.4 is 14.5 Å². The first-order valence-corrected chi connectivity index (χ1v) is 11.3. The van der Waals surface area contributed by atoms with E-state index < -0.39 is 0 Å². The molecular formula is C25H27N5O3. The highest BCUT2D eigenvalue weighted by Crippen LogP contribution is 2.23. The third-order valence-electron chi connectivity index (χ3n) is 5.97. The molecule has 5 rings (SSSR count). The molecule has 8 heteroatoms. The summed E-state index contributed by atoms with van der Waals surface area (Å²) < 4.78 is 11.2. The van der Waals surface area contributed by atoms with Crippen molar-refractivity contribution in [3.05, 3.63) is 72.4 Å². The van der Waals surface area contributed by atoms with E-state index in [-0.39, 0.29) is 5.91 Å². The lowest BCUT2D eigenvalue weighted by atomic mass is 10.1. The number of benzene rings is 2. The van der Waals surface area contributed by atoms with Gasteiger partial charge in [0.05, 0.1) is 25.1 Å². The van der Waals surface area contributed by atoms with Gasteiger partial charge in [0.25, 0.3) is 5.91 Å². The van der Waals surface area contributed by atoms with Crippen LogP contribution in [-0.4, -0.2) is 73.5 Å². The number of para-hydroxylation sites is 1. The summed E-state index contributed by atoms with van der Waals surface area (Å²) in [6.07, 6.45) is 1.80. The van der Waals surface area contributed by atoms with Gasteiger partial charge in [-0.15, -0.1) is 5.10 Å². The Hall–Kier alpha value is -3.65. The Labute approximate surface area is 193 Å². The molecule has 170 valence electrons. The number of amides is 1. The normalized spacial score (nSPS) is 16.5. The van der Waals surface area contributed by atoms with Gasteiger partial charge >= 0.3 is 0 Å². The Morgan fingerprint density at radius 3 is 2.24 bits per heavy atom. The summed E-state index contributed by atoms with van der Waals surface area (Å²) in [4.78, 5) is 19.4. The molecule has 3 aromatic rings. The van der Waals surface area contributed by atoms with Crippen LogP contribution >= 0.6 is 0 Å². The lowest BCUT2D eigenvalue weighted by Crippen LogP contribution is -2.49. The van der Waals surface area contributed by atoms with Crippen molar-refractivity contribution in [2.24, 2.45) is 0 Å². The van der Waals surface area contributed by atoms with Crippen molar-refractivity contribution < 1.29 is 14.3 Å². The highest BCUT2D eigenvalue weighted by atomic mass is 16.5. The molecule has 2 aliphatic rings. The Morgan fingerprint density at radius 1 is 0.818 bits per heavy atom. The van der Waals surface area contributed by atoms with Crippen LogP contribution in [0.2, 0.25) is 0 Å². The van der Waals surface area contributed by atoms with Crippen molar-refractivity contribution in [1.29, 1.82) is 0 Å². The van der Waals surface area contributed by atoms with E-state index in [9.17, 15) is 4.79 Å². The lowest BCUT2D eigenvalue weighted by Gasteiger charge is -2.36. The maximum absolute atomic E-state index is 13.0. The first kappa shape index (κ1) is 21.2. The zero-order valence-corrected chi connectivity index (χ0v) is 18.5. The molecule has 0 unspecified atom stereocenters. The zero-order valence-electron chi connectivity index (χ0n) is 18.5. The van der Waals surface area contributed by atoms with Crippen LogP contribution in [0, 0.1) is 0 Å². The number of carbonyl (C=O) groups is 1. The van der Waals surface area contributed by atoms with Crippen molar-refractivity contribution in [3.63, 3.8) is 0 Å². The second kappa shape index (κ2) is 9.87. The third kappa shape index (κ3) is 5.06. The Bertz CT molecular complexity index is 1060. The molecule has 1 amide bonds. The largest absolute Gasteiger partial charge is 0.457 e. The van der Waals surface area contributed by atoms with E-state index in [0.717, 1.165) is 43.4 Å². The van der Waals surface area contributed by atoms with Crippen LogP contribution in [0.5, 0.6) is 11.5 Å². The average Bonchev–Trinajstić information content (AvgIpc) is 2.90. The average molecular weight is 446 g/mol. The van der Waals surface area contributed by atoms with E-state index in [4.69, 9.17) is 9.47 Å². The van der Waals surface area contributed by atoms with Crippen LogP contribution in [0.25, 0.3) is 0 Å². The van der Waals surface area contributed by atoms with Crippen LogP contribution in [0.15, 0.2) is 66.9 Å². The minimum Gasteiger partial charge on any atom is -0.457 e. The highest BCUT2D eigenvalue weighted by Gasteiger charge is 2.23. The summed E-state index contributed by atoms with van der Waals surface area (Å²) in [5.74, 6) is 2.41. The van der Waals surface area contributed by atoms with Crippen molar-refractivity contribution in [2.75, 3.05) is 62.3 Å². The predicted octanol–water partition coefficient (Wildman–Crippen LogP) is 3.07. The number of anilines is 2. The molecule has 2 fully saturated rings. The predicted molar refractivity (Wildman–Crippen MR) is 126 cm³/mol. The topological polar surface area (TPSA) is 71.0 Å². The fourth-order valence-corrected chi connectivity index (χ4v) is 4.11. The summed E-state index contributed by atoms with van der Waals surface area (Å²) in [5.41, 5.74) is 1.71. The molecule has 0 bridgehead atoms. The fourth-order valence-electron chi connectivity index (χ4n) is 4.11. The SMILES string of the molecule is O=C(c1ccc(Oc2ccccc2)cc1)N1CCN(c2cnnc(N3CCOCC3)c2)CC1. The molecule has 33 heavy (non-hydrogen) atoms. The molecule has 1 aromatic heterocycles. The van der Waals surface area contributed by atoms with Crippen LogP contribution in [0.3, 0.4) is 0 Å². The first-order chi connectivity index (χ1) is 16.3. The van der Waals surface area contributed by atoms with Crippen LogP contribution in [0.4, 0.5) is 11.5 Å². The fraction of sp³-hybridized carbons (Fsp3) is 0.320. The van der Waals surface area contributed by atoms with Gasteiger partial charge in [-0.25, -0.2) is 0 Å². The van der Waals surface area contributed by atoms with E-state index in [0.29, 0.717) is 37.6 Å². The molecule has 2 aromatic carbocycles. The number of rotatable bonds is 5. The molecule has 0 aliphatic carbocycles. The van der Waals surface area contributed by atoms with Gasteiger partial charge in [0, 0.05) is 50.9 Å². The van der Waals surface area contributed by atoms with Gasteiger partial charge in [0.15, 0.2) is 5.82 Å². The van der Waals surface area contributed by atoms with Crippen molar-refractivity contribution in [3.8, 4) is 11.5 Å². The van der Waals surface area contributed by atoms with Crippen molar-refractivity contribution in [2.45, 2.75) is 0 Å². The summed E-state index contributed by atoms with van der Waals surface area (Å²) in [6.45, 7) is 5.93. The molecule has 0 radical (unpaired) electrons. The maximum atomic E-state index is 13.0. The second-order valence-corrected chi connectivity index (χ2v) is 8.09. The quantitative estimate of drug-likeness (QED) is 0.598. The molecule has 2 saturated heterocycles. The van der Waals surface area contributed by atoms with Gasteiger partial charge in [0.1, 0.15) is 11.5 Å². The van der Waals surface area contributed by atoms with Gasteiger partial charge in [-0.2, -0.15) is 5.10 Å². The number of hydrogen-bond donors (Lipinski definition) is 0. The second-order valence-electron chi connectivity index (χ2n) is 8.09. The molecule has 3 heterocycles. The summed E-state index contributed by atoms with van der Waals surface area (Å²) in [7, 11) is 0. The zero-order chi connectivity index (χ0) is 22.5. The van der Waals surface area contributed by atoms with Crippen LogP contribution in [0.1, 0.15) is 10.4 Å². The molecular weight excluding hydrogens is 418 g/mol. The van der Waals surface area contributed by atoms with E-state index in [1.807, 2.05) is 59.5 Å². The monoisotopic (exact) mass is 445 g/mol. The Balaban J connectivity index is 1.17. The first-order valence-electron chi connectivity index (χ1n) is 11.3. The van der Waals surface area contributed by atoms with Gasteiger partial charge in [-0.1, -0.05) is 18.2 Å². The summed E-state index contributed by atoms with van der Waals surface area (Å²) in [5, 5.41) is 8.50. The van der Waals surface area contributed by atoms with Crippen molar-refractivity contribution in [1.82, 2.24) is 15.1 Å². The minimum absolute atomic E-state index is 0.0442. The molecule has 0 spiro atoms. The maximum Gasteiger partial charge on any atom is 0.253 e. The number of hydrogen-bond acceptors (Lipinski definition) is 7. The van der Waals surface area contributed by atoms with E-state index in [1.54, 1.807) is 6.20 Å². The summed E-state index contributed by atoms with van der Waals surface area (Å²) in [6, 6.07) is 19.0. The number of piperazine rings is 1. The van der Waals surface area contributed by atoms with Crippen molar-refractivity contribution >= 4 is 17.4 Å². The standard InChI is InChI=1S/C25H27N5O3/c31-25(20-6-8-23(9-7-20)33-22-4-2-1-3-5-22)30-12-10-28(11-13-30)21-18-24(27-26-19-21)29-14-16-32-17-15-29/h1-9,18-19H,10-17H2. The number of aromatic nitrogens is 2. The van der Waals surface area contributed by atoms with Gasteiger partial charge in [-0.05, 0) is 36.4 Å². The van der Waals surface area contributed by atoms with Gasteiger partial charge in [0.2, 0.25) is 0 Å². The molecule has 8 nitrogen and oxygen atoms in total. The highest BCUT2D eigenvalue weighted by molar-refractivity contribution is 5.94. The third-order valence-corrected chi connectivity index (χ3v) is 5.97.